The number of hydrogen-bond acceptors (Lipinski definition) is 13. The molecule has 0 aromatic rings. The number of nitrogens with one attached hydrogen (secondary N) is 1. The van der Waals surface area contributed by atoms with Crippen LogP contribution >= 0.6 is 0 Å². The zero-order valence-electron chi connectivity index (χ0n) is 36.9. The molecule has 0 aliphatic carbocycles. The molecule has 14 nitrogen and oxygen atoms in total. The number of aliphatic hydroxyl groups is 8. The fourth-order valence-corrected chi connectivity index (χ4v) is 7.74. The molecule has 352 valence electrons. The third-order valence-electron chi connectivity index (χ3n) is 11.7. The van der Waals surface area contributed by atoms with Crippen LogP contribution in [0.5, 0.6) is 0 Å². The molecule has 14 heteroatoms. The lowest BCUT2D eigenvalue weighted by Gasteiger charge is -2.46. The van der Waals surface area contributed by atoms with Gasteiger partial charge in [0.05, 0.1) is 32.0 Å². The maximum atomic E-state index is 13.0. The smallest absolute Gasteiger partial charge is 0.220 e. The number of hydrogen-bond donors (Lipinski definition) is 9. The van der Waals surface area contributed by atoms with Crippen LogP contribution in [0.2, 0.25) is 0 Å². The maximum Gasteiger partial charge on any atom is 0.220 e. The predicted molar refractivity (Wildman–Crippen MR) is 231 cm³/mol. The molecule has 12 unspecified atom stereocenters. The summed E-state index contributed by atoms with van der Waals surface area (Å²) in [6, 6.07) is -0.825. The molecule has 0 aromatic carbocycles. The zero-order valence-corrected chi connectivity index (χ0v) is 36.9. The second-order valence-electron chi connectivity index (χ2n) is 16.9. The Morgan fingerprint density at radius 2 is 1.10 bits per heavy atom. The highest BCUT2D eigenvalue weighted by atomic mass is 16.7. The van der Waals surface area contributed by atoms with Gasteiger partial charge >= 0.3 is 0 Å². The van der Waals surface area contributed by atoms with E-state index in [0.29, 0.717) is 12.8 Å². The first-order valence-corrected chi connectivity index (χ1v) is 23.6. The number of ether oxygens (including phenoxy) is 4. The summed E-state index contributed by atoms with van der Waals surface area (Å²) in [5.41, 5.74) is 0. The molecule has 2 fully saturated rings. The van der Waals surface area contributed by atoms with Gasteiger partial charge in [0.2, 0.25) is 5.91 Å². The highest BCUT2D eigenvalue weighted by Crippen LogP contribution is 2.30. The lowest BCUT2D eigenvalue weighted by Crippen LogP contribution is -2.65. The van der Waals surface area contributed by atoms with Gasteiger partial charge < -0.3 is 65.1 Å². The summed E-state index contributed by atoms with van der Waals surface area (Å²) in [5.74, 6) is -0.220. The van der Waals surface area contributed by atoms with Gasteiger partial charge in [-0.2, -0.15) is 0 Å². The Morgan fingerprint density at radius 1 is 0.600 bits per heavy atom. The molecule has 1 amide bonds. The third-order valence-corrected chi connectivity index (χ3v) is 11.7. The molecule has 12 atom stereocenters. The van der Waals surface area contributed by atoms with Crippen molar-refractivity contribution in [2.45, 2.75) is 242 Å². The van der Waals surface area contributed by atoms with E-state index in [-0.39, 0.29) is 12.5 Å². The van der Waals surface area contributed by atoms with Crippen molar-refractivity contribution in [2.75, 3.05) is 19.8 Å². The minimum atomic E-state index is -1.78. The van der Waals surface area contributed by atoms with Crippen LogP contribution in [0.4, 0.5) is 0 Å². The summed E-state index contributed by atoms with van der Waals surface area (Å²) >= 11 is 0. The van der Waals surface area contributed by atoms with Gasteiger partial charge in [-0.25, -0.2) is 0 Å². The Bertz CT molecular complexity index is 1110. The van der Waals surface area contributed by atoms with E-state index in [1.54, 1.807) is 0 Å². The molecule has 2 aliphatic heterocycles. The minimum Gasteiger partial charge on any atom is -0.394 e. The average molecular weight is 860 g/mol. The highest BCUT2D eigenvalue weighted by Gasteiger charge is 2.51. The van der Waals surface area contributed by atoms with Crippen LogP contribution in [0.15, 0.2) is 24.3 Å². The van der Waals surface area contributed by atoms with Gasteiger partial charge in [-0.15, -0.1) is 0 Å². The normalized spacial score (nSPS) is 28.4. The van der Waals surface area contributed by atoms with Crippen molar-refractivity contribution in [3.8, 4) is 0 Å². The van der Waals surface area contributed by atoms with Gasteiger partial charge in [0, 0.05) is 6.42 Å². The first-order valence-electron chi connectivity index (χ1n) is 23.6. The SMILES string of the molecule is CCCCCCC/C=C\C/C=C\CCCCCCCCCCCC(=O)NC(COC1OC(CO)C(OC2OC(CO)C(O)C(O)C2O)C(O)C1O)C(O)CCCCCCC. The van der Waals surface area contributed by atoms with Crippen molar-refractivity contribution in [2.24, 2.45) is 0 Å². The highest BCUT2D eigenvalue weighted by molar-refractivity contribution is 5.76. The van der Waals surface area contributed by atoms with E-state index >= 15 is 0 Å². The van der Waals surface area contributed by atoms with E-state index in [0.717, 1.165) is 70.6 Å². The Balaban J connectivity index is 1.73. The van der Waals surface area contributed by atoms with Crippen LogP contribution < -0.4 is 5.32 Å². The van der Waals surface area contributed by atoms with Crippen LogP contribution in [0.25, 0.3) is 0 Å². The molecule has 2 heterocycles. The van der Waals surface area contributed by atoms with Crippen molar-refractivity contribution < 1.29 is 64.6 Å². The van der Waals surface area contributed by atoms with Gasteiger partial charge in [0.25, 0.3) is 0 Å². The van der Waals surface area contributed by atoms with Crippen LogP contribution in [0.1, 0.15) is 168 Å². The lowest BCUT2D eigenvalue weighted by atomic mass is 9.97. The molecule has 2 rings (SSSR count). The predicted octanol–water partition coefficient (Wildman–Crippen LogP) is 4.99. The topological polar surface area (TPSA) is 228 Å². The number of rotatable bonds is 35. The Hall–Kier alpha value is -1.53. The van der Waals surface area contributed by atoms with Crippen LogP contribution in [0.3, 0.4) is 0 Å². The standard InChI is InChI=1S/C46H85NO13/c1-3-5-7-9-10-11-12-13-14-15-16-17-18-19-20-21-22-23-24-26-28-30-38(51)47-34(35(50)29-27-25-8-6-4-2)33-57-45-43(56)41(54)44(37(32-49)59-45)60-46-42(55)40(53)39(52)36(31-48)58-46/h12-13,15-16,34-37,39-46,48-50,52-56H,3-11,14,17-33H2,1-2H3,(H,47,51)/b13-12-,16-15-. The number of amides is 1. The summed E-state index contributed by atoms with van der Waals surface area (Å²) in [4.78, 5) is 13.0. The van der Waals surface area contributed by atoms with Crippen molar-refractivity contribution in [1.82, 2.24) is 5.32 Å². The molecule has 0 spiro atoms. The Labute approximate surface area is 360 Å². The second-order valence-corrected chi connectivity index (χ2v) is 16.9. The number of aliphatic hydroxyl groups excluding tert-OH is 8. The number of carbonyl (C=O) groups is 1. The van der Waals surface area contributed by atoms with Crippen molar-refractivity contribution in [3.63, 3.8) is 0 Å². The minimum absolute atomic E-state index is 0.220. The largest absolute Gasteiger partial charge is 0.394 e. The van der Waals surface area contributed by atoms with E-state index in [2.05, 4.69) is 43.5 Å². The molecular formula is C46H85NO13. The Morgan fingerprint density at radius 3 is 1.67 bits per heavy atom. The monoisotopic (exact) mass is 860 g/mol. The third kappa shape index (κ3) is 21.7. The molecule has 2 saturated heterocycles. The molecule has 0 aromatic heterocycles. The number of unbranched alkanes of at least 4 members (excludes halogenated alkanes) is 18. The van der Waals surface area contributed by atoms with E-state index < -0.39 is 86.8 Å². The summed E-state index contributed by atoms with van der Waals surface area (Å²) in [7, 11) is 0. The van der Waals surface area contributed by atoms with Gasteiger partial charge in [-0.1, -0.05) is 141 Å². The lowest BCUT2D eigenvalue weighted by molar-refractivity contribution is -0.359. The zero-order chi connectivity index (χ0) is 44.0. The summed E-state index contributed by atoms with van der Waals surface area (Å²) in [6.07, 6.45) is 18.2. The summed E-state index contributed by atoms with van der Waals surface area (Å²) < 4.78 is 22.6. The van der Waals surface area contributed by atoms with Gasteiger partial charge in [-0.3, -0.25) is 4.79 Å². The molecule has 60 heavy (non-hydrogen) atoms. The number of carbonyl (C=O) groups excluding carboxylic acids is 1. The molecule has 0 saturated carbocycles. The molecule has 9 N–H and O–H groups in total. The Kier molecular flexibility index (Phi) is 30.9. The van der Waals surface area contributed by atoms with Gasteiger partial charge in [-0.05, 0) is 44.9 Å². The second kappa shape index (κ2) is 34.0. The molecule has 0 radical (unpaired) electrons. The van der Waals surface area contributed by atoms with Crippen LogP contribution in [-0.2, 0) is 23.7 Å². The molecule has 2 aliphatic rings. The summed E-state index contributed by atoms with van der Waals surface area (Å²) in [5, 5.41) is 86.2. The molecular weight excluding hydrogens is 775 g/mol. The fraction of sp³-hybridized carbons (Fsp3) is 0.891. The van der Waals surface area contributed by atoms with E-state index in [1.807, 2.05) is 0 Å². The first-order chi connectivity index (χ1) is 29.1. The fourth-order valence-electron chi connectivity index (χ4n) is 7.74. The average Bonchev–Trinajstić information content (AvgIpc) is 3.24. The van der Waals surface area contributed by atoms with Crippen molar-refractivity contribution in [3.05, 3.63) is 24.3 Å². The quantitative estimate of drug-likeness (QED) is 0.0303. The summed E-state index contributed by atoms with van der Waals surface area (Å²) in [6.45, 7) is 2.72. The van der Waals surface area contributed by atoms with Gasteiger partial charge in [0.1, 0.15) is 48.8 Å². The molecule has 0 bridgehead atoms. The van der Waals surface area contributed by atoms with Crippen LogP contribution in [-0.4, -0.2) is 140 Å². The number of allylic oxidation sites excluding steroid dienone is 4. The van der Waals surface area contributed by atoms with Crippen molar-refractivity contribution in [1.29, 1.82) is 0 Å². The first kappa shape index (κ1) is 54.6. The van der Waals surface area contributed by atoms with E-state index in [9.17, 15) is 45.6 Å². The van der Waals surface area contributed by atoms with E-state index in [4.69, 9.17) is 18.9 Å². The van der Waals surface area contributed by atoms with Gasteiger partial charge in [0.15, 0.2) is 12.6 Å². The maximum absolute atomic E-state index is 13.0. The van der Waals surface area contributed by atoms with Crippen molar-refractivity contribution >= 4 is 5.91 Å². The van der Waals surface area contributed by atoms with Crippen LogP contribution in [0, 0.1) is 0 Å². The van der Waals surface area contributed by atoms with E-state index in [1.165, 1.54) is 70.6 Å².